The van der Waals surface area contributed by atoms with Crippen LogP contribution in [-0.4, -0.2) is 17.8 Å². The summed E-state index contributed by atoms with van der Waals surface area (Å²) in [5.74, 6) is 1.63. The van der Waals surface area contributed by atoms with Gasteiger partial charge in [-0.1, -0.05) is 25.8 Å². The van der Waals surface area contributed by atoms with Gasteiger partial charge in [0.1, 0.15) is 5.75 Å². The van der Waals surface area contributed by atoms with Crippen molar-refractivity contribution in [1.82, 2.24) is 0 Å². The number of ether oxygens (including phenoxy) is 2. The molecular weight excluding hydrogens is 264 g/mol. The molecule has 3 atom stereocenters. The zero-order chi connectivity index (χ0) is 15.2. The van der Waals surface area contributed by atoms with Gasteiger partial charge in [-0.15, -0.1) is 0 Å². The van der Waals surface area contributed by atoms with Crippen LogP contribution in [0.4, 0.5) is 0 Å². The quantitative estimate of drug-likeness (QED) is 0.852. The minimum Gasteiger partial charge on any atom is -0.494 e. The highest BCUT2D eigenvalue weighted by Gasteiger charge is 2.20. The highest BCUT2D eigenvalue weighted by Crippen LogP contribution is 2.29. The molecule has 1 N–H and O–H groups in total. The van der Waals surface area contributed by atoms with E-state index in [4.69, 9.17) is 9.47 Å². The Morgan fingerprint density at radius 2 is 2.14 bits per heavy atom. The van der Waals surface area contributed by atoms with Crippen LogP contribution in [0, 0.1) is 5.92 Å². The van der Waals surface area contributed by atoms with E-state index in [1.807, 2.05) is 25.1 Å². The molecule has 0 saturated heterocycles. The molecule has 0 heterocycles. The van der Waals surface area contributed by atoms with E-state index in [0.29, 0.717) is 19.3 Å². The average Bonchev–Trinajstić information content (AvgIpc) is 2.46. The Balaban J connectivity index is 2.03. The third-order valence-electron chi connectivity index (χ3n) is 4.23. The van der Waals surface area contributed by atoms with E-state index in [0.717, 1.165) is 35.6 Å². The van der Waals surface area contributed by atoms with Gasteiger partial charge in [-0.3, -0.25) is 0 Å². The van der Waals surface area contributed by atoms with Gasteiger partial charge >= 0.3 is 0 Å². The first kappa shape index (κ1) is 16.3. The largest absolute Gasteiger partial charge is 0.494 e. The van der Waals surface area contributed by atoms with Crippen molar-refractivity contribution >= 4 is 0 Å². The second-order valence-corrected chi connectivity index (χ2v) is 6.18. The first-order chi connectivity index (χ1) is 10.1. The summed E-state index contributed by atoms with van der Waals surface area (Å²) in [5.41, 5.74) is 1.95. The maximum atomic E-state index is 9.74. The van der Waals surface area contributed by atoms with Crippen molar-refractivity contribution in [3.8, 4) is 5.75 Å². The summed E-state index contributed by atoms with van der Waals surface area (Å²) in [6.45, 7) is 7.27. The maximum absolute atomic E-state index is 9.74. The Morgan fingerprint density at radius 1 is 1.33 bits per heavy atom. The average molecular weight is 292 g/mol. The van der Waals surface area contributed by atoms with E-state index >= 15 is 0 Å². The van der Waals surface area contributed by atoms with Crippen molar-refractivity contribution < 1.29 is 14.6 Å². The lowest BCUT2D eigenvalue weighted by atomic mass is 9.89. The summed E-state index contributed by atoms with van der Waals surface area (Å²) in [6.07, 6.45) is 4.79. The lowest BCUT2D eigenvalue weighted by Gasteiger charge is -2.27. The molecule has 3 unspecified atom stereocenters. The van der Waals surface area contributed by atoms with Crippen LogP contribution >= 0.6 is 0 Å². The second-order valence-electron chi connectivity index (χ2n) is 6.18. The molecule has 3 nitrogen and oxygen atoms in total. The molecule has 1 aromatic rings. The van der Waals surface area contributed by atoms with Gasteiger partial charge in [0, 0.05) is 5.56 Å². The topological polar surface area (TPSA) is 38.7 Å². The Kier molecular flexibility index (Phi) is 6.07. The molecule has 0 radical (unpaired) electrons. The second kappa shape index (κ2) is 7.81. The molecule has 1 fully saturated rings. The zero-order valence-electron chi connectivity index (χ0n) is 13.5. The number of hydrogen-bond acceptors (Lipinski definition) is 3. The molecule has 0 bridgehead atoms. The smallest absolute Gasteiger partial charge is 0.124 e. The van der Waals surface area contributed by atoms with E-state index in [1.165, 1.54) is 12.8 Å². The van der Waals surface area contributed by atoms with E-state index in [-0.39, 0.29) is 0 Å². The fourth-order valence-corrected chi connectivity index (χ4v) is 3.01. The molecule has 2 rings (SSSR count). The van der Waals surface area contributed by atoms with Crippen LogP contribution in [0.5, 0.6) is 5.75 Å². The van der Waals surface area contributed by atoms with E-state index in [2.05, 4.69) is 6.92 Å². The number of rotatable bonds is 6. The lowest BCUT2D eigenvalue weighted by molar-refractivity contribution is 0.00374. The number of aliphatic hydroxyl groups is 1. The predicted molar refractivity (Wildman–Crippen MR) is 84.5 cm³/mol. The molecular formula is C18H28O3. The Bertz CT molecular complexity index is 442. The molecule has 0 amide bonds. The monoisotopic (exact) mass is 292 g/mol. The van der Waals surface area contributed by atoms with Crippen LogP contribution in [0.15, 0.2) is 18.2 Å². The lowest BCUT2D eigenvalue weighted by Crippen LogP contribution is -2.21. The summed E-state index contributed by atoms with van der Waals surface area (Å²) in [4.78, 5) is 0. The first-order valence-electron chi connectivity index (χ1n) is 8.15. The molecule has 1 aliphatic carbocycles. The molecule has 1 aliphatic rings. The first-order valence-corrected chi connectivity index (χ1v) is 8.15. The van der Waals surface area contributed by atoms with Crippen LogP contribution < -0.4 is 4.74 Å². The summed E-state index contributed by atoms with van der Waals surface area (Å²) >= 11 is 0. The molecule has 0 aliphatic heterocycles. The maximum Gasteiger partial charge on any atom is 0.124 e. The van der Waals surface area contributed by atoms with Gasteiger partial charge in [0.2, 0.25) is 0 Å². The van der Waals surface area contributed by atoms with Gasteiger partial charge in [-0.2, -0.15) is 0 Å². The summed E-state index contributed by atoms with van der Waals surface area (Å²) in [6, 6.07) is 5.86. The van der Waals surface area contributed by atoms with Gasteiger partial charge in [0.05, 0.1) is 25.4 Å². The highest BCUT2D eigenvalue weighted by molar-refractivity contribution is 5.37. The number of benzene rings is 1. The Morgan fingerprint density at radius 3 is 2.81 bits per heavy atom. The third kappa shape index (κ3) is 4.72. The van der Waals surface area contributed by atoms with Crippen LogP contribution in [0.3, 0.4) is 0 Å². The Hall–Kier alpha value is -1.06. The van der Waals surface area contributed by atoms with Gasteiger partial charge < -0.3 is 14.6 Å². The standard InChI is InChI=1S/C18H28O3/c1-4-20-18-9-8-15(14(3)19)11-16(18)12-21-17-7-5-6-13(2)10-17/h8-9,11,13-14,17,19H,4-7,10,12H2,1-3H3. The van der Waals surface area contributed by atoms with Crippen molar-refractivity contribution in [2.75, 3.05) is 6.61 Å². The molecule has 0 aromatic heterocycles. The van der Waals surface area contributed by atoms with E-state index in [9.17, 15) is 5.11 Å². The van der Waals surface area contributed by atoms with E-state index in [1.54, 1.807) is 6.92 Å². The number of aliphatic hydroxyl groups excluding tert-OH is 1. The SMILES string of the molecule is CCOc1ccc(C(C)O)cc1COC1CCCC(C)C1. The molecule has 0 spiro atoms. The number of hydrogen-bond donors (Lipinski definition) is 1. The van der Waals surface area contributed by atoms with Crippen LogP contribution in [0.1, 0.15) is 63.7 Å². The van der Waals surface area contributed by atoms with E-state index < -0.39 is 6.10 Å². The van der Waals surface area contributed by atoms with Gasteiger partial charge in [0.15, 0.2) is 0 Å². The van der Waals surface area contributed by atoms with Crippen molar-refractivity contribution in [1.29, 1.82) is 0 Å². The summed E-state index contributed by atoms with van der Waals surface area (Å²) in [5, 5.41) is 9.74. The van der Waals surface area contributed by atoms with Crippen molar-refractivity contribution in [2.45, 2.75) is 65.3 Å². The normalized spacial score (nSPS) is 23.8. The summed E-state index contributed by atoms with van der Waals surface area (Å²) in [7, 11) is 0. The van der Waals surface area contributed by atoms with Crippen LogP contribution in [0.25, 0.3) is 0 Å². The molecule has 21 heavy (non-hydrogen) atoms. The molecule has 118 valence electrons. The Labute approximate surface area is 128 Å². The van der Waals surface area contributed by atoms with Gasteiger partial charge in [0.25, 0.3) is 0 Å². The molecule has 1 aromatic carbocycles. The van der Waals surface area contributed by atoms with Gasteiger partial charge in [-0.05, 0) is 50.3 Å². The fourth-order valence-electron chi connectivity index (χ4n) is 3.01. The van der Waals surface area contributed by atoms with Gasteiger partial charge in [-0.25, -0.2) is 0 Å². The van der Waals surface area contributed by atoms with Crippen LogP contribution in [-0.2, 0) is 11.3 Å². The zero-order valence-corrected chi connectivity index (χ0v) is 13.5. The third-order valence-corrected chi connectivity index (χ3v) is 4.23. The molecule has 1 saturated carbocycles. The van der Waals surface area contributed by atoms with Crippen molar-refractivity contribution in [3.63, 3.8) is 0 Å². The minimum atomic E-state index is -0.464. The van der Waals surface area contributed by atoms with Crippen molar-refractivity contribution in [3.05, 3.63) is 29.3 Å². The predicted octanol–water partition coefficient (Wildman–Crippen LogP) is 4.23. The highest BCUT2D eigenvalue weighted by atomic mass is 16.5. The fraction of sp³-hybridized carbons (Fsp3) is 0.667. The molecule has 3 heteroatoms. The minimum absolute atomic E-state index is 0.360. The summed E-state index contributed by atoms with van der Waals surface area (Å²) < 4.78 is 11.8. The van der Waals surface area contributed by atoms with Crippen molar-refractivity contribution in [2.24, 2.45) is 5.92 Å². The van der Waals surface area contributed by atoms with Crippen LogP contribution in [0.2, 0.25) is 0 Å².